The van der Waals surface area contributed by atoms with Gasteiger partial charge in [0.1, 0.15) is 5.75 Å². The second-order valence-electron chi connectivity index (χ2n) is 9.51. The van der Waals surface area contributed by atoms with E-state index in [2.05, 4.69) is 24.5 Å². The molecule has 2 N–H and O–H groups in total. The number of para-hydroxylation sites is 1. The van der Waals surface area contributed by atoms with Crippen LogP contribution in [0.5, 0.6) is 5.75 Å². The molecule has 1 heterocycles. The van der Waals surface area contributed by atoms with Crippen molar-refractivity contribution in [2.75, 3.05) is 24.7 Å². The number of fused-ring (bicyclic) bond motifs is 1. The molecule has 1 aromatic heterocycles. The molecular formula is C30H32N4O4S. The number of benzene rings is 3. The summed E-state index contributed by atoms with van der Waals surface area (Å²) in [4.78, 5) is 43.3. The van der Waals surface area contributed by atoms with Crippen molar-refractivity contribution in [3.05, 3.63) is 94.3 Å². The number of thioether (sulfide) groups is 1. The molecule has 39 heavy (non-hydrogen) atoms. The average molecular weight is 545 g/mol. The molecular weight excluding hydrogens is 512 g/mol. The van der Waals surface area contributed by atoms with Crippen molar-refractivity contribution in [2.24, 2.45) is 5.92 Å². The number of carbonyl (C=O) groups excluding carboxylic acids is 2. The fraction of sp³-hybridized carbons (Fsp3) is 0.267. The predicted octanol–water partition coefficient (Wildman–Crippen LogP) is 4.96. The first-order valence-corrected chi connectivity index (χ1v) is 13.8. The Labute approximate surface area is 231 Å². The van der Waals surface area contributed by atoms with Crippen LogP contribution in [0.15, 0.2) is 82.7 Å². The Kier molecular flexibility index (Phi) is 9.38. The molecule has 3 aromatic carbocycles. The minimum Gasteiger partial charge on any atom is -0.497 e. The van der Waals surface area contributed by atoms with Gasteiger partial charge in [-0.1, -0.05) is 55.9 Å². The summed E-state index contributed by atoms with van der Waals surface area (Å²) in [5, 5.41) is 6.73. The van der Waals surface area contributed by atoms with Gasteiger partial charge in [0.15, 0.2) is 5.16 Å². The molecule has 4 rings (SSSR count). The van der Waals surface area contributed by atoms with Gasteiger partial charge >= 0.3 is 0 Å². The minimum atomic E-state index is -0.227. The van der Waals surface area contributed by atoms with Gasteiger partial charge in [-0.05, 0) is 54.3 Å². The Morgan fingerprint density at radius 2 is 1.79 bits per heavy atom. The van der Waals surface area contributed by atoms with Crippen LogP contribution in [0.25, 0.3) is 10.9 Å². The van der Waals surface area contributed by atoms with Gasteiger partial charge in [-0.25, -0.2) is 4.98 Å². The molecule has 202 valence electrons. The van der Waals surface area contributed by atoms with E-state index in [1.807, 2.05) is 18.2 Å². The first-order valence-electron chi connectivity index (χ1n) is 12.8. The zero-order valence-electron chi connectivity index (χ0n) is 22.3. The molecule has 0 saturated heterocycles. The Hall–Kier alpha value is -4.11. The molecule has 0 saturated carbocycles. The Morgan fingerprint density at radius 3 is 2.54 bits per heavy atom. The number of hydrogen-bond donors (Lipinski definition) is 2. The van der Waals surface area contributed by atoms with Crippen molar-refractivity contribution in [1.29, 1.82) is 0 Å². The van der Waals surface area contributed by atoms with Gasteiger partial charge in [0.05, 0.1) is 30.3 Å². The summed E-state index contributed by atoms with van der Waals surface area (Å²) in [6.45, 7) is 5.11. The van der Waals surface area contributed by atoms with Gasteiger partial charge in [0.2, 0.25) is 5.91 Å². The van der Waals surface area contributed by atoms with E-state index in [1.54, 1.807) is 66.3 Å². The van der Waals surface area contributed by atoms with Crippen molar-refractivity contribution < 1.29 is 14.3 Å². The van der Waals surface area contributed by atoms with E-state index in [4.69, 9.17) is 9.72 Å². The quantitative estimate of drug-likeness (QED) is 0.204. The topological polar surface area (TPSA) is 102 Å². The number of aromatic nitrogens is 2. The summed E-state index contributed by atoms with van der Waals surface area (Å²) in [7, 11) is 1.57. The highest BCUT2D eigenvalue weighted by Crippen LogP contribution is 2.21. The second kappa shape index (κ2) is 13.1. The maximum Gasteiger partial charge on any atom is 0.262 e. The normalized spacial score (nSPS) is 11.0. The van der Waals surface area contributed by atoms with Crippen LogP contribution in [-0.2, 0) is 11.3 Å². The molecule has 8 nitrogen and oxygen atoms in total. The number of carbonyl (C=O) groups is 2. The maximum atomic E-state index is 13.4. The SMILES string of the molecule is COc1cccc(NC(=O)CSc2nc3ccccc3c(=O)n2Cc2ccc(C(=O)NCCC(C)C)cc2)c1. The van der Waals surface area contributed by atoms with E-state index < -0.39 is 0 Å². The summed E-state index contributed by atoms with van der Waals surface area (Å²) in [5.41, 5.74) is 2.41. The van der Waals surface area contributed by atoms with E-state index in [9.17, 15) is 14.4 Å². The van der Waals surface area contributed by atoms with Crippen LogP contribution in [0.3, 0.4) is 0 Å². The van der Waals surface area contributed by atoms with Crippen LogP contribution in [0.4, 0.5) is 5.69 Å². The second-order valence-corrected chi connectivity index (χ2v) is 10.4. The van der Waals surface area contributed by atoms with Gasteiger partial charge in [0.25, 0.3) is 11.5 Å². The predicted molar refractivity (Wildman–Crippen MR) is 156 cm³/mol. The molecule has 0 aliphatic rings. The largest absolute Gasteiger partial charge is 0.497 e. The highest BCUT2D eigenvalue weighted by atomic mass is 32.2. The first kappa shape index (κ1) is 27.9. The van der Waals surface area contributed by atoms with Crippen molar-refractivity contribution in [2.45, 2.75) is 32.0 Å². The van der Waals surface area contributed by atoms with Gasteiger partial charge in [0, 0.05) is 23.9 Å². The van der Waals surface area contributed by atoms with Crippen LogP contribution in [0, 0.1) is 5.92 Å². The van der Waals surface area contributed by atoms with Crippen LogP contribution >= 0.6 is 11.8 Å². The lowest BCUT2D eigenvalue weighted by Crippen LogP contribution is -2.26. The molecule has 0 aliphatic carbocycles. The fourth-order valence-corrected chi connectivity index (χ4v) is 4.74. The van der Waals surface area contributed by atoms with E-state index >= 15 is 0 Å². The molecule has 0 radical (unpaired) electrons. The number of anilines is 1. The molecule has 0 aliphatic heterocycles. The number of amides is 2. The number of hydrogen-bond acceptors (Lipinski definition) is 6. The van der Waals surface area contributed by atoms with Gasteiger partial charge in [-0.3, -0.25) is 19.0 Å². The van der Waals surface area contributed by atoms with Gasteiger partial charge in [-0.15, -0.1) is 0 Å². The van der Waals surface area contributed by atoms with Crippen molar-refractivity contribution in [3.63, 3.8) is 0 Å². The molecule has 9 heteroatoms. The standard InChI is InChI=1S/C30H32N4O4S/c1-20(2)15-16-31-28(36)22-13-11-21(12-14-22)18-34-29(37)25-9-4-5-10-26(25)33-30(34)39-19-27(35)32-23-7-6-8-24(17-23)38-3/h4-14,17,20H,15-16,18-19H2,1-3H3,(H,31,36)(H,32,35). The van der Waals surface area contributed by atoms with Crippen molar-refractivity contribution in [1.82, 2.24) is 14.9 Å². The highest BCUT2D eigenvalue weighted by molar-refractivity contribution is 7.99. The molecule has 0 fully saturated rings. The third-order valence-corrected chi connectivity index (χ3v) is 7.05. The average Bonchev–Trinajstić information content (AvgIpc) is 2.94. The van der Waals surface area contributed by atoms with E-state index in [0.29, 0.717) is 45.5 Å². The molecule has 0 bridgehead atoms. The summed E-state index contributed by atoms with van der Waals surface area (Å²) in [6, 6.07) is 21.5. The monoisotopic (exact) mass is 544 g/mol. The number of methoxy groups -OCH3 is 1. The number of nitrogens with one attached hydrogen (secondary N) is 2. The molecule has 0 spiro atoms. The minimum absolute atomic E-state index is 0.0669. The van der Waals surface area contributed by atoms with Crippen LogP contribution in [0.2, 0.25) is 0 Å². The lowest BCUT2D eigenvalue weighted by atomic mass is 10.1. The molecule has 2 amide bonds. The number of nitrogens with zero attached hydrogens (tertiary/aromatic N) is 2. The van der Waals surface area contributed by atoms with Crippen LogP contribution < -0.4 is 20.9 Å². The Bertz CT molecular complexity index is 1520. The van der Waals surface area contributed by atoms with Crippen molar-refractivity contribution in [3.8, 4) is 5.75 Å². The zero-order chi connectivity index (χ0) is 27.8. The zero-order valence-corrected chi connectivity index (χ0v) is 23.1. The smallest absolute Gasteiger partial charge is 0.262 e. The highest BCUT2D eigenvalue weighted by Gasteiger charge is 2.15. The lowest BCUT2D eigenvalue weighted by molar-refractivity contribution is -0.113. The molecule has 0 atom stereocenters. The Morgan fingerprint density at radius 1 is 1.03 bits per heavy atom. The summed E-state index contributed by atoms with van der Waals surface area (Å²) in [5.74, 6) is 0.878. The third-order valence-electron chi connectivity index (χ3n) is 6.08. The number of rotatable bonds is 11. The van der Waals surface area contributed by atoms with E-state index in [1.165, 1.54) is 11.8 Å². The molecule has 0 unspecified atom stereocenters. The third kappa shape index (κ3) is 7.48. The Balaban J connectivity index is 1.51. The van der Waals surface area contributed by atoms with E-state index in [-0.39, 0.29) is 29.7 Å². The maximum absolute atomic E-state index is 13.4. The van der Waals surface area contributed by atoms with E-state index in [0.717, 1.165) is 12.0 Å². The van der Waals surface area contributed by atoms with Crippen LogP contribution in [0.1, 0.15) is 36.2 Å². The summed E-state index contributed by atoms with van der Waals surface area (Å²) in [6.07, 6.45) is 0.916. The van der Waals surface area contributed by atoms with Gasteiger partial charge < -0.3 is 15.4 Å². The summed E-state index contributed by atoms with van der Waals surface area (Å²) >= 11 is 1.20. The number of ether oxygens (including phenoxy) is 1. The fourth-order valence-electron chi connectivity index (χ4n) is 3.95. The van der Waals surface area contributed by atoms with Crippen molar-refractivity contribution >= 4 is 40.2 Å². The molecule has 4 aromatic rings. The summed E-state index contributed by atoms with van der Waals surface area (Å²) < 4.78 is 6.78. The van der Waals surface area contributed by atoms with Gasteiger partial charge in [-0.2, -0.15) is 0 Å². The first-order chi connectivity index (χ1) is 18.8. The van der Waals surface area contributed by atoms with Crippen LogP contribution in [-0.4, -0.2) is 40.8 Å². The lowest BCUT2D eigenvalue weighted by Gasteiger charge is -2.14.